The molecule has 4 rings (SSSR count). The Morgan fingerprint density at radius 3 is 2.31 bits per heavy atom. The molecule has 0 aliphatic carbocycles. The number of carbonyl (C=O) groups excluding carboxylic acids is 2. The molecule has 0 saturated carbocycles. The molecule has 3 aromatic carbocycles. The van der Waals surface area contributed by atoms with Crippen molar-refractivity contribution in [1.82, 2.24) is 10.3 Å². The fourth-order valence-electron chi connectivity index (χ4n) is 3.98. The second-order valence-electron chi connectivity index (χ2n) is 9.54. The molecule has 4 aromatic rings. The van der Waals surface area contributed by atoms with Crippen molar-refractivity contribution in [3.8, 4) is 5.75 Å². The van der Waals surface area contributed by atoms with E-state index >= 15 is 0 Å². The van der Waals surface area contributed by atoms with Gasteiger partial charge in [0, 0.05) is 23.6 Å². The normalized spacial score (nSPS) is 11.1. The largest absolute Gasteiger partial charge is 0.361 e. The van der Waals surface area contributed by atoms with Gasteiger partial charge in [0.05, 0.1) is 6.42 Å². The summed E-state index contributed by atoms with van der Waals surface area (Å²) in [6.07, 6.45) is 2.31. The SMILES string of the molecule is CC(=O)N(CC(C)C)c1cc([As](=O)(O)O)ccc1O.O=C(Cc1c[nH]c2ccccc12)NCc1ccccc1. The molecule has 0 bridgehead atoms. The summed E-state index contributed by atoms with van der Waals surface area (Å²) in [6.45, 7) is 6.09. The van der Waals surface area contributed by atoms with Gasteiger partial charge in [-0.15, -0.1) is 0 Å². The zero-order chi connectivity index (χ0) is 28.6. The van der Waals surface area contributed by atoms with E-state index in [9.17, 15) is 26.6 Å². The number of aromatic hydroxyl groups is 1. The number of H-pyrrole nitrogens is 1. The van der Waals surface area contributed by atoms with Crippen molar-refractivity contribution in [3.63, 3.8) is 0 Å². The number of phenols is 1. The summed E-state index contributed by atoms with van der Waals surface area (Å²) in [5.74, 6) is -0.270. The van der Waals surface area contributed by atoms with Gasteiger partial charge in [-0.1, -0.05) is 48.5 Å². The van der Waals surface area contributed by atoms with Gasteiger partial charge in [0.25, 0.3) is 0 Å². The van der Waals surface area contributed by atoms with E-state index in [1.54, 1.807) is 0 Å². The minimum atomic E-state index is -5.05. The summed E-state index contributed by atoms with van der Waals surface area (Å²) in [4.78, 5) is 28.1. The van der Waals surface area contributed by atoms with E-state index in [2.05, 4.69) is 10.3 Å². The third kappa shape index (κ3) is 8.61. The van der Waals surface area contributed by atoms with E-state index in [4.69, 9.17) is 0 Å². The van der Waals surface area contributed by atoms with Crippen LogP contribution in [0.15, 0.2) is 79.0 Å². The van der Waals surface area contributed by atoms with E-state index in [1.165, 1.54) is 30.0 Å². The Balaban J connectivity index is 0.000000216. The molecular weight excluding hydrogens is 561 g/mol. The molecule has 0 saturated heterocycles. The first kappa shape index (κ1) is 29.8. The van der Waals surface area contributed by atoms with Gasteiger partial charge in [-0.05, 0) is 17.2 Å². The molecule has 9 nitrogen and oxygen atoms in total. The molecule has 0 radical (unpaired) electrons. The van der Waals surface area contributed by atoms with Crippen LogP contribution in [0.3, 0.4) is 0 Å². The number of amides is 2. The van der Waals surface area contributed by atoms with Crippen LogP contribution in [0.5, 0.6) is 5.75 Å². The van der Waals surface area contributed by atoms with Crippen molar-refractivity contribution < 1.29 is 26.6 Å². The Hall–Kier alpha value is -3.78. The van der Waals surface area contributed by atoms with Gasteiger partial charge in [-0.2, -0.15) is 0 Å². The molecule has 0 aliphatic rings. The number of hydrogen-bond acceptors (Lipinski definition) is 4. The van der Waals surface area contributed by atoms with Crippen LogP contribution in [0.25, 0.3) is 10.9 Å². The number of para-hydroxylation sites is 1. The molecule has 1 heterocycles. The van der Waals surface area contributed by atoms with Crippen LogP contribution < -0.4 is 14.6 Å². The van der Waals surface area contributed by atoms with Crippen LogP contribution in [0.4, 0.5) is 5.69 Å². The number of nitrogens with zero attached hydrogens (tertiary/aromatic N) is 1. The summed E-state index contributed by atoms with van der Waals surface area (Å²) in [7, 11) is 0. The Kier molecular flexibility index (Phi) is 10.2. The van der Waals surface area contributed by atoms with E-state index in [0.29, 0.717) is 19.5 Å². The minimum Gasteiger partial charge on any atom is -0.361 e. The number of aromatic amines is 1. The maximum absolute atomic E-state index is 12.0. The number of benzene rings is 3. The summed E-state index contributed by atoms with van der Waals surface area (Å²) < 4.78 is 29.5. The van der Waals surface area contributed by atoms with Crippen molar-refractivity contribution in [2.24, 2.45) is 5.92 Å². The monoisotopic (exact) mass is 595 g/mol. The second-order valence-corrected chi connectivity index (χ2v) is 12.9. The molecule has 0 unspecified atom stereocenters. The van der Waals surface area contributed by atoms with Gasteiger partial charge in [-0.25, -0.2) is 0 Å². The van der Waals surface area contributed by atoms with Crippen LogP contribution in [-0.4, -0.2) is 50.8 Å². The first-order valence-corrected chi connectivity index (χ1v) is 15.9. The number of phenolic OH excluding ortho intramolecular Hbond substituents is 1. The third-order valence-electron chi connectivity index (χ3n) is 5.87. The Labute approximate surface area is 230 Å². The fourth-order valence-corrected chi connectivity index (χ4v) is 5.15. The summed E-state index contributed by atoms with van der Waals surface area (Å²) in [6, 6.07) is 21.5. The standard InChI is InChI=1S/C17H16N2O.C12H18AsNO5/c20-17(19-11-13-6-2-1-3-7-13)10-14-12-18-16-9-5-4-8-15(14)16;1-8(2)7-14(9(3)15)11-6-10(13(17,18)19)4-5-12(11)16/h1-9,12,18H,10-11H2,(H,19,20);4-6,8,16H,7H2,1-3H3,(H2,17,18,19). The predicted molar refractivity (Wildman–Crippen MR) is 152 cm³/mol. The van der Waals surface area contributed by atoms with E-state index in [-0.39, 0.29) is 33.5 Å². The summed E-state index contributed by atoms with van der Waals surface area (Å²) in [5.41, 5.74) is 3.34. The summed E-state index contributed by atoms with van der Waals surface area (Å²) >= 11 is -5.05. The molecule has 1 aromatic heterocycles. The zero-order valence-corrected chi connectivity index (χ0v) is 24.0. The van der Waals surface area contributed by atoms with E-state index in [1.807, 2.05) is 74.6 Å². The zero-order valence-electron chi connectivity index (χ0n) is 22.2. The quantitative estimate of drug-likeness (QED) is 0.198. The average molecular weight is 596 g/mol. The first-order valence-electron chi connectivity index (χ1n) is 12.5. The predicted octanol–water partition coefficient (Wildman–Crippen LogP) is 2.99. The van der Waals surface area contributed by atoms with Crippen LogP contribution in [-0.2, 0) is 26.3 Å². The number of aromatic nitrogens is 1. The van der Waals surface area contributed by atoms with Crippen molar-refractivity contribution in [3.05, 3.63) is 90.1 Å². The number of rotatable bonds is 8. The van der Waals surface area contributed by atoms with E-state index < -0.39 is 14.2 Å². The molecule has 0 spiro atoms. The van der Waals surface area contributed by atoms with Crippen LogP contribution in [0.2, 0.25) is 0 Å². The van der Waals surface area contributed by atoms with Crippen molar-refractivity contribution in [2.75, 3.05) is 11.4 Å². The maximum atomic E-state index is 12.0. The fraction of sp³-hybridized carbons (Fsp3) is 0.241. The Morgan fingerprint density at radius 1 is 1.00 bits per heavy atom. The van der Waals surface area contributed by atoms with Crippen LogP contribution in [0, 0.1) is 5.92 Å². The van der Waals surface area contributed by atoms with Gasteiger partial charge >= 0.3 is 114 Å². The Bertz CT molecular complexity index is 1460. The van der Waals surface area contributed by atoms with Crippen molar-refractivity contribution in [1.29, 1.82) is 0 Å². The van der Waals surface area contributed by atoms with Crippen LogP contribution in [0.1, 0.15) is 31.9 Å². The number of nitrogens with one attached hydrogen (secondary N) is 2. The van der Waals surface area contributed by atoms with Gasteiger partial charge in [0.1, 0.15) is 0 Å². The maximum Gasteiger partial charge on any atom is 0.224 e. The molecule has 206 valence electrons. The molecular formula is C29H34AsN3O6. The smallest absolute Gasteiger partial charge is 0.224 e. The van der Waals surface area contributed by atoms with Gasteiger partial charge in [-0.3, -0.25) is 4.79 Å². The first-order chi connectivity index (χ1) is 18.5. The summed E-state index contributed by atoms with van der Waals surface area (Å²) in [5, 5.41) is 13.9. The minimum absolute atomic E-state index is 0.0404. The number of fused-ring (bicyclic) bond motifs is 1. The van der Waals surface area contributed by atoms with Gasteiger partial charge < -0.3 is 10.3 Å². The molecule has 39 heavy (non-hydrogen) atoms. The van der Waals surface area contributed by atoms with Crippen LogP contribution >= 0.6 is 0 Å². The third-order valence-corrected chi connectivity index (χ3v) is 7.87. The molecule has 0 fully saturated rings. The van der Waals surface area contributed by atoms with E-state index in [0.717, 1.165) is 22.0 Å². The van der Waals surface area contributed by atoms with Crippen molar-refractivity contribution in [2.45, 2.75) is 33.7 Å². The molecule has 2 amide bonds. The van der Waals surface area contributed by atoms with Crippen molar-refractivity contribution >= 4 is 46.9 Å². The number of carbonyl (C=O) groups is 2. The second kappa shape index (κ2) is 13.3. The molecule has 0 atom stereocenters. The van der Waals surface area contributed by atoms with Gasteiger partial charge in [0.2, 0.25) is 5.91 Å². The topological polar surface area (TPSA) is 143 Å². The average Bonchev–Trinajstić information content (AvgIpc) is 3.29. The molecule has 0 aliphatic heterocycles. The number of hydrogen-bond donors (Lipinski definition) is 5. The Morgan fingerprint density at radius 2 is 1.67 bits per heavy atom. The van der Waals surface area contributed by atoms with Gasteiger partial charge in [0.15, 0.2) is 0 Å². The molecule has 10 heteroatoms. The number of anilines is 1. The molecule has 5 N–H and O–H groups in total.